The number of nitrogens with one attached hydrogen (secondary N) is 2. The van der Waals surface area contributed by atoms with Gasteiger partial charge in [0.15, 0.2) is 0 Å². The molecule has 0 bridgehead atoms. The Labute approximate surface area is 188 Å². The van der Waals surface area contributed by atoms with Crippen LogP contribution in [0.5, 0.6) is 5.75 Å². The van der Waals surface area contributed by atoms with Crippen LogP contribution < -0.4 is 15.4 Å². The van der Waals surface area contributed by atoms with Crippen LogP contribution in [0.4, 0.5) is 16.2 Å². The van der Waals surface area contributed by atoms with Crippen molar-refractivity contribution in [3.63, 3.8) is 0 Å². The van der Waals surface area contributed by atoms with E-state index in [1.165, 1.54) is 0 Å². The molecular formula is C24H31N5O3. The molecule has 8 heteroatoms. The SMILES string of the molecule is Cc1nc2cc(NC(=O)Nc3ccc(OC(C)C)cc3)ccc2n1CCN1CCOCC1. The number of rotatable bonds is 7. The number of hydrogen-bond donors (Lipinski definition) is 2. The molecule has 2 heterocycles. The number of amides is 2. The van der Waals surface area contributed by atoms with Gasteiger partial charge in [0.2, 0.25) is 0 Å². The van der Waals surface area contributed by atoms with Gasteiger partial charge < -0.3 is 24.7 Å². The maximum Gasteiger partial charge on any atom is 0.323 e. The van der Waals surface area contributed by atoms with Crippen molar-refractivity contribution in [2.75, 3.05) is 43.5 Å². The van der Waals surface area contributed by atoms with Gasteiger partial charge in [0.25, 0.3) is 0 Å². The number of imidazole rings is 1. The van der Waals surface area contributed by atoms with Gasteiger partial charge in [-0.15, -0.1) is 0 Å². The molecule has 2 amide bonds. The van der Waals surface area contributed by atoms with Crippen LogP contribution in [0.1, 0.15) is 19.7 Å². The second kappa shape index (κ2) is 10.0. The lowest BCUT2D eigenvalue weighted by molar-refractivity contribution is 0.0364. The Bertz CT molecular complexity index is 1060. The summed E-state index contributed by atoms with van der Waals surface area (Å²) < 4.78 is 13.3. The third-order valence-electron chi connectivity index (χ3n) is 5.42. The van der Waals surface area contributed by atoms with Gasteiger partial charge in [-0.05, 0) is 63.2 Å². The van der Waals surface area contributed by atoms with Crippen LogP contribution in [0.15, 0.2) is 42.5 Å². The lowest BCUT2D eigenvalue weighted by Crippen LogP contribution is -2.38. The van der Waals surface area contributed by atoms with Gasteiger partial charge in [0.1, 0.15) is 11.6 Å². The van der Waals surface area contributed by atoms with Crippen molar-refractivity contribution in [1.29, 1.82) is 0 Å². The fourth-order valence-electron chi connectivity index (χ4n) is 3.86. The van der Waals surface area contributed by atoms with E-state index in [0.717, 1.165) is 62.0 Å². The molecule has 3 aromatic rings. The van der Waals surface area contributed by atoms with Crippen molar-refractivity contribution < 1.29 is 14.3 Å². The number of urea groups is 1. The zero-order valence-corrected chi connectivity index (χ0v) is 18.9. The van der Waals surface area contributed by atoms with Gasteiger partial charge in [-0.1, -0.05) is 0 Å². The average molecular weight is 438 g/mol. The number of anilines is 2. The van der Waals surface area contributed by atoms with Gasteiger partial charge in [-0.3, -0.25) is 4.90 Å². The van der Waals surface area contributed by atoms with E-state index >= 15 is 0 Å². The normalized spacial score (nSPS) is 14.6. The summed E-state index contributed by atoms with van der Waals surface area (Å²) in [4.78, 5) is 19.5. The summed E-state index contributed by atoms with van der Waals surface area (Å²) in [5, 5.41) is 5.73. The third-order valence-corrected chi connectivity index (χ3v) is 5.42. The second-order valence-corrected chi connectivity index (χ2v) is 8.24. The number of nitrogens with zero attached hydrogens (tertiary/aromatic N) is 3. The first-order chi connectivity index (χ1) is 15.5. The molecule has 0 radical (unpaired) electrons. The van der Waals surface area contributed by atoms with Gasteiger partial charge in [-0.25, -0.2) is 9.78 Å². The Morgan fingerprint density at radius 3 is 2.47 bits per heavy atom. The van der Waals surface area contributed by atoms with Crippen LogP contribution in [-0.4, -0.2) is 59.4 Å². The van der Waals surface area contributed by atoms with Gasteiger partial charge in [0.05, 0.1) is 30.4 Å². The van der Waals surface area contributed by atoms with Crippen molar-refractivity contribution in [3.05, 3.63) is 48.3 Å². The highest BCUT2D eigenvalue weighted by Crippen LogP contribution is 2.21. The molecular weight excluding hydrogens is 406 g/mol. The topological polar surface area (TPSA) is 80.7 Å². The number of benzene rings is 2. The predicted molar refractivity (Wildman–Crippen MR) is 127 cm³/mol. The number of hydrogen-bond acceptors (Lipinski definition) is 5. The van der Waals surface area contributed by atoms with E-state index in [-0.39, 0.29) is 12.1 Å². The molecule has 0 aliphatic carbocycles. The summed E-state index contributed by atoms with van der Waals surface area (Å²) >= 11 is 0. The molecule has 1 aliphatic heterocycles. The van der Waals surface area contributed by atoms with Crippen molar-refractivity contribution in [3.8, 4) is 5.75 Å². The van der Waals surface area contributed by atoms with Crippen molar-refractivity contribution in [2.24, 2.45) is 0 Å². The molecule has 1 aliphatic rings. The lowest BCUT2D eigenvalue weighted by Gasteiger charge is -2.26. The number of ether oxygens (including phenoxy) is 2. The number of aromatic nitrogens is 2. The molecule has 0 atom stereocenters. The number of carbonyl (C=O) groups excluding carboxylic acids is 1. The fourth-order valence-corrected chi connectivity index (χ4v) is 3.86. The fraction of sp³-hybridized carbons (Fsp3) is 0.417. The van der Waals surface area contributed by atoms with Crippen LogP contribution in [0.3, 0.4) is 0 Å². The summed E-state index contributed by atoms with van der Waals surface area (Å²) in [7, 11) is 0. The highest BCUT2D eigenvalue weighted by molar-refractivity contribution is 6.00. The second-order valence-electron chi connectivity index (χ2n) is 8.24. The summed E-state index contributed by atoms with van der Waals surface area (Å²) in [5.41, 5.74) is 3.34. The molecule has 1 saturated heterocycles. The number of carbonyl (C=O) groups is 1. The minimum atomic E-state index is -0.301. The molecule has 0 unspecified atom stereocenters. The van der Waals surface area contributed by atoms with Crippen LogP contribution in [0, 0.1) is 6.92 Å². The van der Waals surface area contributed by atoms with Crippen LogP contribution in [-0.2, 0) is 11.3 Å². The molecule has 2 N–H and O–H groups in total. The Morgan fingerprint density at radius 1 is 1.06 bits per heavy atom. The molecule has 4 rings (SSSR count). The van der Waals surface area contributed by atoms with E-state index in [1.807, 2.05) is 63.2 Å². The quantitative estimate of drug-likeness (QED) is 0.582. The smallest absolute Gasteiger partial charge is 0.323 e. The monoisotopic (exact) mass is 437 g/mol. The summed E-state index contributed by atoms with van der Waals surface area (Å²) in [6, 6.07) is 12.9. The maximum absolute atomic E-state index is 12.4. The Balaban J connectivity index is 1.37. The molecule has 8 nitrogen and oxygen atoms in total. The van der Waals surface area contributed by atoms with Gasteiger partial charge in [-0.2, -0.15) is 0 Å². The Kier molecular flexibility index (Phi) is 6.92. The number of fused-ring (bicyclic) bond motifs is 1. The Hall–Kier alpha value is -3.10. The highest BCUT2D eigenvalue weighted by Gasteiger charge is 2.13. The first kappa shape index (κ1) is 22.1. The van der Waals surface area contributed by atoms with E-state index in [9.17, 15) is 4.79 Å². The summed E-state index contributed by atoms with van der Waals surface area (Å²) in [6.07, 6.45) is 0.110. The molecule has 1 fully saturated rings. The predicted octanol–water partition coefficient (Wildman–Crippen LogP) is 4.11. The first-order valence-corrected chi connectivity index (χ1v) is 11.1. The molecule has 1 aromatic heterocycles. The number of aryl methyl sites for hydroxylation is 1. The minimum Gasteiger partial charge on any atom is -0.491 e. The molecule has 32 heavy (non-hydrogen) atoms. The summed E-state index contributed by atoms with van der Waals surface area (Å²) in [6.45, 7) is 11.4. The highest BCUT2D eigenvalue weighted by atomic mass is 16.5. The van der Waals surface area contributed by atoms with Gasteiger partial charge >= 0.3 is 6.03 Å². The van der Waals surface area contributed by atoms with Crippen molar-refractivity contribution in [2.45, 2.75) is 33.4 Å². The molecule has 0 spiro atoms. The zero-order valence-electron chi connectivity index (χ0n) is 18.9. The zero-order chi connectivity index (χ0) is 22.5. The maximum atomic E-state index is 12.4. The van der Waals surface area contributed by atoms with Gasteiger partial charge in [0, 0.05) is 37.6 Å². The van der Waals surface area contributed by atoms with E-state index < -0.39 is 0 Å². The van der Waals surface area contributed by atoms with Crippen LogP contribution in [0.2, 0.25) is 0 Å². The standard InChI is InChI=1S/C24H31N5O3/c1-17(2)32-21-7-4-19(5-8-21)26-24(30)27-20-6-9-23-22(16-20)25-18(3)29(23)11-10-28-12-14-31-15-13-28/h4-9,16-17H,10-15H2,1-3H3,(H2,26,27,30). The van der Waals surface area contributed by atoms with E-state index in [0.29, 0.717) is 11.4 Å². The van der Waals surface area contributed by atoms with E-state index in [4.69, 9.17) is 14.5 Å². The van der Waals surface area contributed by atoms with E-state index in [2.05, 4.69) is 20.1 Å². The third kappa shape index (κ3) is 5.57. The van der Waals surface area contributed by atoms with E-state index in [1.54, 1.807) is 0 Å². The molecule has 170 valence electrons. The van der Waals surface area contributed by atoms with Crippen LogP contribution in [0.25, 0.3) is 11.0 Å². The van der Waals surface area contributed by atoms with Crippen molar-refractivity contribution >= 4 is 28.4 Å². The minimum absolute atomic E-state index is 0.110. The van der Waals surface area contributed by atoms with Crippen molar-refractivity contribution in [1.82, 2.24) is 14.5 Å². The largest absolute Gasteiger partial charge is 0.491 e. The van der Waals surface area contributed by atoms with Crippen LogP contribution >= 0.6 is 0 Å². The average Bonchev–Trinajstić information content (AvgIpc) is 3.08. The lowest BCUT2D eigenvalue weighted by atomic mass is 10.2. The Morgan fingerprint density at radius 2 is 1.75 bits per heavy atom. The summed E-state index contributed by atoms with van der Waals surface area (Å²) in [5.74, 6) is 1.74. The molecule has 2 aromatic carbocycles. The number of morpholine rings is 1. The first-order valence-electron chi connectivity index (χ1n) is 11.1. The molecule has 0 saturated carbocycles.